The molecule has 0 unspecified atom stereocenters. The number of carbonyl (C=O) groups excluding carboxylic acids is 1. The van der Waals surface area contributed by atoms with E-state index in [1.807, 2.05) is 0 Å². The summed E-state index contributed by atoms with van der Waals surface area (Å²) in [4.78, 5) is 18.7. The number of aliphatic imine (C=N–C) groups is 1. The number of unbranched alkanes of at least 4 members (excludes halogenated alkanes) is 1. The van der Waals surface area contributed by atoms with Crippen molar-refractivity contribution in [3.8, 4) is 0 Å². The number of rotatable bonds is 4. The molecule has 1 heterocycles. The Bertz CT molecular complexity index is 305. The third-order valence-corrected chi connectivity index (χ3v) is 3.67. The number of hydrogen-bond donors (Lipinski definition) is 1. The molecule has 2 N–H and O–H groups in total. The predicted molar refractivity (Wildman–Crippen MR) is 64.1 cm³/mol. The van der Waals surface area contributed by atoms with Crippen LogP contribution >= 0.6 is 0 Å². The number of nitrogens with two attached hydrogens (primary N) is 1. The number of amides is 1. The largest absolute Gasteiger partial charge is 0.313 e. The zero-order chi connectivity index (χ0) is 11.6. The Morgan fingerprint density at radius 3 is 2.69 bits per heavy atom. The van der Waals surface area contributed by atoms with Crippen molar-refractivity contribution < 1.29 is 4.79 Å². The minimum absolute atomic E-state index is 0.151. The maximum atomic E-state index is 12.3. The number of amidine groups is 1. The summed E-state index contributed by atoms with van der Waals surface area (Å²) in [7, 11) is 0. The molecule has 1 aliphatic heterocycles. The first kappa shape index (κ1) is 11.6. The van der Waals surface area contributed by atoms with Crippen molar-refractivity contribution in [2.24, 2.45) is 10.7 Å². The average Bonchev–Trinajstić information content (AvgIpc) is 2.85. The molecule has 1 aliphatic carbocycles. The smallest absolute Gasteiger partial charge is 0.256 e. The molecule has 0 radical (unpaired) electrons. The van der Waals surface area contributed by atoms with Gasteiger partial charge in [-0.05, 0) is 19.3 Å². The van der Waals surface area contributed by atoms with Crippen molar-refractivity contribution in [2.45, 2.75) is 57.4 Å². The summed E-state index contributed by atoms with van der Waals surface area (Å²) in [6.45, 7) is 2.43. The molecule has 4 heteroatoms. The molecule has 90 valence electrons. The third-order valence-electron chi connectivity index (χ3n) is 3.67. The minimum Gasteiger partial charge on any atom is -0.313 e. The van der Waals surface area contributed by atoms with E-state index >= 15 is 0 Å². The molecule has 1 saturated carbocycles. The van der Waals surface area contributed by atoms with Gasteiger partial charge < -0.3 is 5.73 Å². The minimum atomic E-state index is -0.414. The van der Waals surface area contributed by atoms with E-state index in [4.69, 9.17) is 10.7 Å². The van der Waals surface area contributed by atoms with E-state index in [0.29, 0.717) is 0 Å². The highest BCUT2D eigenvalue weighted by atomic mass is 16.2. The summed E-state index contributed by atoms with van der Waals surface area (Å²) in [6.07, 6.45) is 7.16. The normalized spacial score (nSPS) is 23.2. The standard InChI is InChI=1S/C12H21N3O/c1-2-3-6-10-14-12(7-4-5-8-12)11(16)15(10)9-13/h2-9,13H2,1H3. The van der Waals surface area contributed by atoms with Gasteiger partial charge in [-0.25, -0.2) is 0 Å². The summed E-state index contributed by atoms with van der Waals surface area (Å²) >= 11 is 0. The summed E-state index contributed by atoms with van der Waals surface area (Å²) in [6, 6.07) is 0. The van der Waals surface area contributed by atoms with Crippen LogP contribution in [0.2, 0.25) is 0 Å². The maximum absolute atomic E-state index is 12.3. The molecule has 16 heavy (non-hydrogen) atoms. The Hall–Kier alpha value is -0.900. The van der Waals surface area contributed by atoms with Crippen LogP contribution in [0, 0.1) is 0 Å². The fourth-order valence-electron chi connectivity index (χ4n) is 2.72. The molecule has 4 nitrogen and oxygen atoms in total. The Morgan fingerprint density at radius 2 is 2.12 bits per heavy atom. The molecular formula is C12H21N3O. The van der Waals surface area contributed by atoms with Gasteiger partial charge in [0.15, 0.2) is 0 Å². The Labute approximate surface area is 96.9 Å². The van der Waals surface area contributed by atoms with Crippen LogP contribution in [0.3, 0.4) is 0 Å². The average molecular weight is 223 g/mol. The Balaban J connectivity index is 2.17. The summed E-state index contributed by atoms with van der Waals surface area (Å²) in [5, 5.41) is 0. The summed E-state index contributed by atoms with van der Waals surface area (Å²) < 4.78 is 0. The third kappa shape index (κ3) is 1.75. The van der Waals surface area contributed by atoms with Crippen molar-refractivity contribution in [1.29, 1.82) is 0 Å². The molecule has 0 bridgehead atoms. The second kappa shape index (κ2) is 4.53. The SMILES string of the molecule is CCCCC1=NC2(CCCC2)C(=O)N1CN. The molecule has 0 saturated heterocycles. The van der Waals surface area contributed by atoms with Gasteiger partial charge in [0.2, 0.25) is 0 Å². The molecule has 2 rings (SSSR count). The second-order valence-corrected chi connectivity index (χ2v) is 4.79. The van der Waals surface area contributed by atoms with E-state index in [-0.39, 0.29) is 12.6 Å². The van der Waals surface area contributed by atoms with Crippen molar-refractivity contribution in [2.75, 3.05) is 6.67 Å². The van der Waals surface area contributed by atoms with E-state index in [9.17, 15) is 4.79 Å². The van der Waals surface area contributed by atoms with Crippen LogP contribution in [0.4, 0.5) is 0 Å². The van der Waals surface area contributed by atoms with Gasteiger partial charge in [-0.15, -0.1) is 0 Å². The van der Waals surface area contributed by atoms with Crippen LogP contribution in [0.25, 0.3) is 0 Å². The molecule has 0 aromatic rings. The van der Waals surface area contributed by atoms with Gasteiger partial charge in [0.05, 0.1) is 6.67 Å². The monoisotopic (exact) mass is 223 g/mol. The van der Waals surface area contributed by atoms with Gasteiger partial charge in [0.1, 0.15) is 11.4 Å². The van der Waals surface area contributed by atoms with Gasteiger partial charge in [-0.3, -0.25) is 14.7 Å². The fourth-order valence-corrected chi connectivity index (χ4v) is 2.72. The van der Waals surface area contributed by atoms with Crippen LogP contribution in [-0.4, -0.2) is 28.9 Å². The highest BCUT2D eigenvalue weighted by molar-refractivity contribution is 6.08. The van der Waals surface area contributed by atoms with E-state index < -0.39 is 5.54 Å². The molecule has 0 aromatic heterocycles. The lowest BCUT2D eigenvalue weighted by Crippen LogP contribution is -2.43. The second-order valence-electron chi connectivity index (χ2n) is 4.79. The van der Waals surface area contributed by atoms with E-state index in [0.717, 1.165) is 50.8 Å². The highest BCUT2D eigenvalue weighted by Gasteiger charge is 2.48. The van der Waals surface area contributed by atoms with E-state index in [1.54, 1.807) is 4.90 Å². The zero-order valence-electron chi connectivity index (χ0n) is 10.0. The van der Waals surface area contributed by atoms with Gasteiger partial charge in [-0.2, -0.15) is 0 Å². The molecule has 1 amide bonds. The Morgan fingerprint density at radius 1 is 1.44 bits per heavy atom. The first-order valence-electron chi connectivity index (χ1n) is 6.34. The lowest BCUT2D eigenvalue weighted by molar-refractivity contribution is -0.131. The van der Waals surface area contributed by atoms with Gasteiger partial charge in [0, 0.05) is 6.42 Å². The highest BCUT2D eigenvalue weighted by Crippen LogP contribution is 2.39. The first-order valence-corrected chi connectivity index (χ1v) is 6.34. The molecular weight excluding hydrogens is 202 g/mol. The van der Waals surface area contributed by atoms with Crippen molar-refractivity contribution >= 4 is 11.7 Å². The van der Waals surface area contributed by atoms with E-state index in [2.05, 4.69) is 6.92 Å². The van der Waals surface area contributed by atoms with Crippen LogP contribution in [0.5, 0.6) is 0 Å². The summed E-state index contributed by atoms with van der Waals surface area (Å²) in [5.74, 6) is 1.08. The van der Waals surface area contributed by atoms with Crippen LogP contribution in [0.1, 0.15) is 51.9 Å². The quantitative estimate of drug-likeness (QED) is 0.787. The van der Waals surface area contributed by atoms with Gasteiger partial charge >= 0.3 is 0 Å². The molecule has 1 spiro atoms. The van der Waals surface area contributed by atoms with Gasteiger partial charge in [-0.1, -0.05) is 26.2 Å². The van der Waals surface area contributed by atoms with E-state index in [1.165, 1.54) is 0 Å². The zero-order valence-corrected chi connectivity index (χ0v) is 10.0. The first-order chi connectivity index (χ1) is 7.73. The lowest BCUT2D eigenvalue weighted by Gasteiger charge is -2.20. The molecule has 0 atom stereocenters. The summed E-state index contributed by atoms with van der Waals surface area (Å²) in [5.41, 5.74) is 5.25. The molecule has 1 fully saturated rings. The predicted octanol–water partition coefficient (Wildman–Crippen LogP) is 1.65. The topological polar surface area (TPSA) is 58.7 Å². The Kier molecular flexibility index (Phi) is 3.28. The van der Waals surface area contributed by atoms with Crippen molar-refractivity contribution in [3.63, 3.8) is 0 Å². The molecule has 0 aromatic carbocycles. The van der Waals surface area contributed by atoms with Crippen LogP contribution < -0.4 is 5.73 Å². The van der Waals surface area contributed by atoms with Gasteiger partial charge in [0.25, 0.3) is 5.91 Å². The number of hydrogen-bond acceptors (Lipinski definition) is 3. The number of nitrogens with zero attached hydrogens (tertiary/aromatic N) is 2. The van der Waals surface area contributed by atoms with Crippen molar-refractivity contribution in [3.05, 3.63) is 0 Å². The lowest BCUT2D eigenvalue weighted by atomic mass is 9.98. The number of carbonyl (C=O) groups is 1. The van der Waals surface area contributed by atoms with Crippen LogP contribution in [0.15, 0.2) is 4.99 Å². The molecule has 2 aliphatic rings. The van der Waals surface area contributed by atoms with Crippen LogP contribution in [-0.2, 0) is 4.79 Å². The maximum Gasteiger partial charge on any atom is 0.256 e. The van der Waals surface area contributed by atoms with Crippen molar-refractivity contribution in [1.82, 2.24) is 4.90 Å². The fraction of sp³-hybridized carbons (Fsp3) is 0.833.